The number of carbonyl (C=O) groups is 1. The Morgan fingerprint density at radius 2 is 2.15 bits per heavy atom. The van der Waals surface area contributed by atoms with Gasteiger partial charge in [0.15, 0.2) is 0 Å². The zero-order valence-electron chi connectivity index (χ0n) is 7.65. The van der Waals surface area contributed by atoms with E-state index in [4.69, 9.17) is 4.89 Å². The molecule has 0 bridgehead atoms. The van der Waals surface area contributed by atoms with Gasteiger partial charge < -0.3 is 4.52 Å². The summed E-state index contributed by atoms with van der Waals surface area (Å²) in [5, 5.41) is 0. The SMILES string of the molecule is C=C(C)C(=O)OP(=O)(O)OCCC. The van der Waals surface area contributed by atoms with E-state index in [-0.39, 0.29) is 12.2 Å². The van der Waals surface area contributed by atoms with E-state index in [9.17, 15) is 9.36 Å². The summed E-state index contributed by atoms with van der Waals surface area (Å²) in [6.45, 7) is 6.47. The molecule has 0 aromatic rings. The van der Waals surface area contributed by atoms with Gasteiger partial charge in [-0.2, -0.15) is 0 Å². The minimum atomic E-state index is -4.23. The zero-order valence-corrected chi connectivity index (χ0v) is 8.54. The van der Waals surface area contributed by atoms with Gasteiger partial charge in [-0.1, -0.05) is 13.5 Å². The number of phosphoric acid groups is 1. The smallest absolute Gasteiger partial charge is 0.367 e. The van der Waals surface area contributed by atoms with E-state index in [2.05, 4.69) is 15.6 Å². The van der Waals surface area contributed by atoms with Crippen LogP contribution in [-0.2, 0) is 18.4 Å². The molecule has 0 saturated heterocycles. The van der Waals surface area contributed by atoms with Crippen molar-refractivity contribution in [3.05, 3.63) is 12.2 Å². The number of rotatable bonds is 5. The predicted octanol–water partition coefficient (Wildman–Crippen LogP) is 1.63. The molecule has 0 saturated carbocycles. The summed E-state index contributed by atoms with van der Waals surface area (Å²) in [5.74, 6) is -0.929. The summed E-state index contributed by atoms with van der Waals surface area (Å²) in [6, 6.07) is 0. The number of hydrogen-bond acceptors (Lipinski definition) is 4. The molecule has 1 N–H and O–H groups in total. The van der Waals surface area contributed by atoms with Crippen LogP contribution in [0.1, 0.15) is 20.3 Å². The van der Waals surface area contributed by atoms with Crippen molar-refractivity contribution in [1.29, 1.82) is 0 Å². The molecule has 0 aliphatic heterocycles. The number of phosphoric ester groups is 1. The van der Waals surface area contributed by atoms with Crippen LogP contribution in [0.25, 0.3) is 0 Å². The minimum absolute atomic E-state index is 0.0503. The second-order valence-electron chi connectivity index (χ2n) is 2.46. The van der Waals surface area contributed by atoms with Gasteiger partial charge in [0.25, 0.3) is 0 Å². The first-order valence-electron chi connectivity index (χ1n) is 3.76. The van der Waals surface area contributed by atoms with E-state index in [1.807, 2.05) is 0 Å². The molecule has 0 aliphatic carbocycles. The monoisotopic (exact) mass is 208 g/mol. The maximum atomic E-state index is 10.9. The Morgan fingerprint density at radius 3 is 2.54 bits per heavy atom. The molecule has 0 rings (SSSR count). The number of hydrogen-bond donors (Lipinski definition) is 1. The van der Waals surface area contributed by atoms with Crippen LogP contribution in [0.15, 0.2) is 12.2 Å². The molecule has 0 fully saturated rings. The minimum Gasteiger partial charge on any atom is -0.367 e. The Bertz CT molecular complexity index is 247. The summed E-state index contributed by atoms with van der Waals surface area (Å²) < 4.78 is 19.5. The summed E-state index contributed by atoms with van der Waals surface area (Å²) in [6.07, 6.45) is 0.565. The van der Waals surface area contributed by atoms with Crippen LogP contribution >= 0.6 is 7.82 Å². The lowest BCUT2D eigenvalue weighted by Crippen LogP contribution is -2.05. The predicted molar refractivity (Wildman–Crippen MR) is 47.0 cm³/mol. The van der Waals surface area contributed by atoms with Crippen LogP contribution in [0.5, 0.6) is 0 Å². The van der Waals surface area contributed by atoms with Crippen LogP contribution < -0.4 is 0 Å². The second kappa shape index (κ2) is 5.17. The molecule has 0 amide bonds. The molecule has 0 aromatic carbocycles. The first-order valence-corrected chi connectivity index (χ1v) is 5.25. The quantitative estimate of drug-likeness (QED) is 0.549. The summed E-state index contributed by atoms with van der Waals surface area (Å²) in [4.78, 5) is 19.7. The average Bonchev–Trinajstić information content (AvgIpc) is 2.00. The van der Waals surface area contributed by atoms with E-state index >= 15 is 0 Å². The third-order valence-electron chi connectivity index (χ3n) is 1.01. The van der Waals surface area contributed by atoms with Crippen molar-refractivity contribution in [2.75, 3.05) is 6.61 Å². The van der Waals surface area contributed by atoms with Gasteiger partial charge in [0.1, 0.15) is 0 Å². The molecule has 0 radical (unpaired) electrons. The van der Waals surface area contributed by atoms with Crippen LogP contribution in [-0.4, -0.2) is 17.5 Å². The normalized spacial score (nSPS) is 14.7. The number of carbonyl (C=O) groups excluding carboxylic acids is 1. The van der Waals surface area contributed by atoms with Crippen molar-refractivity contribution in [2.45, 2.75) is 20.3 Å². The van der Waals surface area contributed by atoms with Gasteiger partial charge in [-0.3, -0.25) is 9.42 Å². The van der Waals surface area contributed by atoms with Gasteiger partial charge >= 0.3 is 13.8 Å². The lowest BCUT2D eigenvalue weighted by atomic mass is 10.4. The van der Waals surface area contributed by atoms with Crippen molar-refractivity contribution >= 4 is 13.8 Å². The molecule has 6 heteroatoms. The molecule has 1 unspecified atom stereocenters. The summed E-state index contributed by atoms with van der Waals surface area (Å²) in [7, 11) is -4.23. The topological polar surface area (TPSA) is 72.8 Å². The highest BCUT2D eigenvalue weighted by Crippen LogP contribution is 2.43. The van der Waals surface area contributed by atoms with Crippen LogP contribution in [0, 0.1) is 0 Å². The van der Waals surface area contributed by atoms with E-state index in [0.717, 1.165) is 0 Å². The molecule has 1 atom stereocenters. The van der Waals surface area contributed by atoms with E-state index < -0.39 is 13.8 Å². The maximum absolute atomic E-state index is 10.9. The molecular weight excluding hydrogens is 195 g/mol. The van der Waals surface area contributed by atoms with Gasteiger partial charge in [0.05, 0.1) is 6.61 Å². The van der Waals surface area contributed by atoms with Crippen molar-refractivity contribution in [2.24, 2.45) is 0 Å². The fourth-order valence-electron chi connectivity index (χ4n) is 0.416. The third kappa shape index (κ3) is 5.58. The van der Waals surface area contributed by atoms with Crippen molar-refractivity contribution in [3.8, 4) is 0 Å². The first-order chi connectivity index (χ1) is 5.89. The molecular formula is C7H13O5P. The molecule has 0 spiro atoms. The van der Waals surface area contributed by atoms with Gasteiger partial charge in [0.2, 0.25) is 0 Å². The maximum Gasteiger partial charge on any atom is 0.529 e. The van der Waals surface area contributed by atoms with Gasteiger partial charge in [-0.25, -0.2) is 9.36 Å². The Labute approximate surface area is 77.0 Å². The van der Waals surface area contributed by atoms with Crippen LogP contribution in [0.3, 0.4) is 0 Å². The molecule has 13 heavy (non-hydrogen) atoms. The van der Waals surface area contributed by atoms with Gasteiger partial charge in [-0.05, 0) is 13.3 Å². The standard InChI is InChI=1S/C7H13O5P/c1-4-5-11-13(9,10)12-7(8)6(2)3/h2,4-5H2,1,3H3,(H,9,10). The molecule has 0 aromatic heterocycles. The van der Waals surface area contributed by atoms with Gasteiger partial charge in [0, 0.05) is 5.57 Å². The fourth-order valence-corrected chi connectivity index (χ4v) is 1.25. The highest BCUT2D eigenvalue weighted by molar-refractivity contribution is 7.48. The van der Waals surface area contributed by atoms with Crippen molar-refractivity contribution < 1.29 is 23.3 Å². The summed E-state index contributed by atoms with van der Waals surface area (Å²) in [5.41, 5.74) is 0.0503. The van der Waals surface area contributed by atoms with Gasteiger partial charge in [-0.15, -0.1) is 0 Å². The molecule has 76 valence electrons. The highest BCUT2D eigenvalue weighted by atomic mass is 31.2. The Hall–Kier alpha value is -0.640. The second-order valence-corrected chi connectivity index (χ2v) is 3.84. The Morgan fingerprint density at radius 1 is 1.62 bits per heavy atom. The molecule has 0 aliphatic rings. The molecule has 5 nitrogen and oxygen atoms in total. The first kappa shape index (κ1) is 12.4. The van der Waals surface area contributed by atoms with E-state index in [1.54, 1.807) is 6.92 Å². The van der Waals surface area contributed by atoms with Crippen LogP contribution in [0.4, 0.5) is 0 Å². The van der Waals surface area contributed by atoms with Crippen LogP contribution in [0.2, 0.25) is 0 Å². The lowest BCUT2D eigenvalue weighted by molar-refractivity contribution is -0.131. The van der Waals surface area contributed by atoms with E-state index in [1.165, 1.54) is 6.92 Å². The largest absolute Gasteiger partial charge is 0.529 e. The highest BCUT2D eigenvalue weighted by Gasteiger charge is 2.25. The summed E-state index contributed by atoms with van der Waals surface area (Å²) >= 11 is 0. The van der Waals surface area contributed by atoms with E-state index in [0.29, 0.717) is 6.42 Å². The average molecular weight is 208 g/mol. The fraction of sp³-hybridized carbons (Fsp3) is 0.571. The Kier molecular flexibility index (Phi) is 4.91. The lowest BCUT2D eigenvalue weighted by Gasteiger charge is -2.10. The van der Waals surface area contributed by atoms with Crippen molar-refractivity contribution in [1.82, 2.24) is 0 Å². The zero-order chi connectivity index (χ0) is 10.5. The van der Waals surface area contributed by atoms with Crippen molar-refractivity contribution in [3.63, 3.8) is 0 Å². The molecule has 0 heterocycles. The Balaban J connectivity index is 4.09. The third-order valence-corrected chi connectivity index (χ3v) is 1.91.